The topological polar surface area (TPSA) is 16.8 Å². The molecule has 88 valence electrons. The molecule has 1 heterocycles. The summed E-state index contributed by atoms with van der Waals surface area (Å²) in [5.74, 6) is 1.01. The van der Waals surface area contributed by atoms with E-state index in [1.54, 1.807) is 0 Å². The van der Waals surface area contributed by atoms with E-state index in [1.807, 2.05) is 19.2 Å². The lowest BCUT2D eigenvalue weighted by Gasteiger charge is -2.03. The van der Waals surface area contributed by atoms with Crippen LogP contribution in [0.4, 0.5) is 0 Å². The molecule has 0 aliphatic heterocycles. The lowest BCUT2D eigenvalue weighted by Crippen LogP contribution is -2.32. The van der Waals surface area contributed by atoms with Gasteiger partial charge < -0.3 is 0 Å². The first kappa shape index (κ1) is 10.9. The molecule has 0 N–H and O–H groups in total. The van der Waals surface area contributed by atoms with E-state index in [-0.39, 0.29) is 0 Å². The van der Waals surface area contributed by atoms with Crippen LogP contribution in [0.1, 0.15) is 5.56 Å². The third kappa shape index (κ3) is 1.76. The van der Waals surface area contributed by atoms with Crippen molar-refractivity contribution >= 4 is 10.9 Å². The van der Waals surface area contributed by atoms with Gasteiger partial charge in [-0.05, 0) is 35.7 Å². The van der Waals surface area contributed by atoms with E-state index < -0.39 is 0 Å². The fourth-order valence-corrected chi connectivity index (χ4v) is 2.24. The zero-order valence-corrected chi connectivity index (χ0v) is 10.6. The monoisotopic (exact) mass is 235 g/mol. The van der Waals surface area contributed by atoms with Gasteiger partial charge in [-0.3, -0.25) is 0 Å². The molecule has 3 rings (SSSR count). The van der Waals surface area contributed by atoms with Crippen molar-refractivity contribution < 1.29 is 4.57 Å². The van der Waals surface area contributed by atoms with Crippen LogP contribution in [0.3, 0.4) is 0 Å². The highest BCUT2D eigenvalue weighted by atomic mass is 15.0. The van der Waals surface area contributed by atoms with E-state index in [0.717, 1.165) is 16.7 Å². The molecule has 0 saturated carbocycles. The van der Waals surface area contributed by atoms with Crippen LogP contribution in [0, 0.1) is 6.92 Å². The molecule has 0 bridgehead atoms. The Morgan fingerprint density at radius 1 is 0.944 bits per heavy atom. The molecule has 0 fully saturated rings. The maximum atomic E-state index is 4.77. The van der Waals surface area contributed by atoms with Gasteiger partial charge in [0.05, 0.1) is 18.0 Å². The van der Waals surface area contributed by atoms with E-state index in [4.69, 9.17) is 4.98 Å². The molecule has 2 heteroatoms. The molecule has 2 nitrogen and oxygen atoms in total. The zero-order chi connectivity index (χ0) is 12.5. The number of rotatable bonds is 1. The summed E-state index contributed by atoms with van der Waals surface area (Å²) in [6.07, 6.45) is 2.13. The maximum absolute atomic E-state index is 4.77. The van der Waals surface area contributed by atoms with Gasteiger partial charge in [0.1, 0.15) is 6.20 Å². The van der Waals surface area contributed by atoms with Crippen molar-refractivity contribution in [2.45, 2.75) is 6.92 Å². The number of fused-ring (bicyclic) bond motifs is 1. The Kier molecular flexibility index (Phi) is 2.56. The van der Waals surface area contributed by atoms with Crippen LogP contribution in [0.25, 0.3) is 22.3 Å². The third-order valence-corrected chi connectivity index (χ3v) is 3.22. The van der Waals surface area contributed by atoms with Crippen molar-refractivity contribution in [3.8, 4) is 11.4 Å². The third-order valence-electron chi connectivity index (χ3n) is 3.22. The first-order valence-electron chi connectivity index (χ1n) is 6.07. The molecule has 3 aromatic rings. The highest BCUT2D eigenvalue weighted by Crippen LogP contribution is 2.19. The molecule has 0 saturated heterocycles. The summed E-state index contributed by atoms with van der Waals surface area (Å²) in [6.45, 7) is 2.12. The summed E-state index contributed by atoms with van der Waals surface area (Å²) in [7, 11) is 2.04. The molecular formula is C16H15N2+. The SMILES string of the molecule is Cc1ccccc1-c1nc2ccccc2c[n+]1C. The Balaban J connectivity index is 2.30. The van der Waals surface area contributed by atoms with E-state index >= 15 is 0 Å². The van der Waals surface area contributed by atoms with E-state index in [1.165, 1.54) is 11.1 Å². The second-order valence-electron chi connectivity index (χ2n) is 4.55. The van der Waals surface area contributed by atoms with Crippen molar-refractivity contribution in [1.29, 1.82) is 0 Å². The van der Waals surface area contributed by atoms with Crippen molar-refractivity contribution in [3.63, 3.8) is 0 Å². The first-order valence-corrected chi connectivity index (χ1v) is 6.07. The van der Waals surface area contributed by atoms with E-state index in [9.17, 15) is 0 Å². The first-order chi connectivity index (χ1) is 8.75. The summed E-state index contributed by atoms with van der Waals surface area (Å²) < 4.78 is 2.09. The molecule has 18 heavy (non-hydrogen) atoms. The Morgan fingerprint density at radius 3 is 2.50 bits per heavy atom. The van der Waals surface area contributed by atoms with Gasteiger partial charge in [-0.1, -0.05) is 30.3 Å². The van der Waals surface area contributed by atoms with Crippen LogP contribution >= 0.6 is 0 Å². The Hall–Kier alpha value is -2.22. The number of hydrogen-bond acceptors (Lipinski definition) is 1. The Bertz CT molecular complexity index is 717. The molecule has 0 atom stereocenters. The fraction of sp³-hybridized carbons (Fsp3) is 0.125. The van der Waals surface area contributed by atoms with E-state index in [0.29, 0.717) is 0 Å². The van der Waals surface area contributed by atoms with Gasteiger partial charge in [0.2, 0.25) is 0 Å². The normalized spacial score (nSPS) is 10.8. The van der Waals surface area contributed by atoms with Crippen LogP contribution in [0.15, 0.2) is 54.7 Å². The van der Waals surface area contributed by atoms with Crippen molar-refractivity contribution in [3.05, 3.63) is 60.3 Å². The second kappa shape index (κ2) is 4.22. The Labute approximate surface area is 107 Å². The molecule has 0 aliphatic carbocycles. The second-order valence-corrected chi connectivity index (χ2v) is 4.55. The lowest BCUT2D eigenvalue weighted by atomic mass is 10.1. The number of benzene rings is 2. The summed E-state index contributed by atoms with van der Waals surface area (Å²) in [5.41, 5.74) is 3.47. The number of aryl methyl sites for hydroxylation is 2. The standard InChI is InChI=1S/C16H15N2/c1-12-7-3-5-9-14(12)16-17-15-10-6-4-8-13(15)11-18(16)2/h3-11H,1-2H3/q+1. The molecule has 2 aromatic carbocycles. The highest BCUT2D eigenvalue weighted by molar-refractivity contribution is 5.78. The minimum Gasteiger partial charge on any atom is -0.232 e. The molecule has 0 unspecified atom stereocenters. The summed E-state index contributed by atoms with van der Waals surface area (Å²) in [4.78, 5) is 4.77. The average molecular weight is 235 g/mol. The minimum absolute atomic E-state index is 1.01. The Morgan fingerprint density at radius 2 is 1.67 bits per heavy atom. The molecule has 0 aliphatic rings. The molecular weight excluding hydrogens is 220 g/mol. The smallest absolute Gasteiger partial charge is 0.232 e. The highest BCUT2D eigenvalue weighted by Gasteiger charge is 2.16. The molecule has 0 spiro atoms. The number of nitrogens with zero attached hydrogens (tertiary/aromatic N) is 2. The van der Waals surface area contributed by atoms with Gasteiger partial charge in [0.25, 0.3) is 0 Å². The van der Waals surface area contributed by atoms with Crippen molar-refractivity contribution in [1.82, 2.24) is 4.98 Å². The zero-order valence-electron chi connectivity index (χ0n) is 10.6. The largest absolute Gasteiger partial charge is 0.331 e. The number of aromatic nitrogens is 2. The maximum Gasteiger partial charge on any atom is 0.331 e. The van der Waals surface area contributed by atoms with Crippen LogP contribution < -0.4 is 4.57 Å². The van der Waals surface area contributed by atoms with Crippen LogP contribution in [0.2, 0.25) is 0 Å². The summed E-state index contributed by atoms with van der Waals surface area (Å²) in [6, 6.07) is 16.5. The molecule has 0 radical (unpaired) electrons. The van der Waals surface area contributed by atoms with Crippen molar-refractivity contribution in [2.75, 3.05) is 0 Å². The number of hydrogen-bond donors (Lipinski definition) is 0. The van der Waals surface area contributed by atoms with Crippen LogP contribution in [-0.4, -0.2) is 4.98 Å². The summed E-state index contributed by atoms with van der Waals surface area (Å²) in [5, 5.41) is 1.16. The van der Waals surface area contributed by atoms with Gasteiger partial charge in [-0.2, -0.15) is 0 Å². The van der Waals surface area contributed by atoms with Gasteiger partial charge in [0.15, 0.2) is 5.52 Å². The molecule has 0 amide bonds. The van der Waals surface area contributed by atoms with Crippen LogP contribution in [-0.2, 0) is 7.05 Å². The van der Waals surface area contributed by atoms with Gasteiger partial charge in [-0.15, -0.1) is 0 Å². The fourth-order valence-electron chi connectivity index (χ4n) is 2.24. The van der Waals surface area contributed by atoms with Gasteiger partial charge in [-0.25, -0.2) is 4.57 Å². The molecule has 1 aromatic heterocycles. The quantitative estimate of drug-likeness (QED) is 0.592. The predicted molar refractivity (Wildman–Crippen MR) is 73.1 cm³/mol. The summed E-state index contributed by atoms with van der Waals surface area (Å²) >= 11 is 0. The minimum atomic E-state index is 1.01. The van der Waals surface area contributed by atoms with Gasteiger partial charge in [0, 0.05) is 0 Å². The van der Waals surface area contributed by atoms with Gasteiger partial charge >= 0.3 is 5.82 Å². The average Bonchev–Trinajstić information content (AvgIpc) is 2.39. The lowest BCUT2D eigenvalue weighted by molar-refractivity contribution is -0.661. The van der Waals surface area contributed by atoms with Crippen molar-refractivity contribution in [2.24, 2.45) is 7.05 Å². The number of para-hydroxylation sites is 1. The van der Waals surface area contributed by atoms with E-state index in [2.05, 4.69) is 54.1 Å². The predicted octanol–water partition coefficient (Wildman–Crippen LogP) is 3.03. The van der Waals surface area contributed by atoms with Crippen LogP contribution in [0.5, 0.6) is 0 Å².